The van der Waals surface area contributed by atoms with E-state index in [0.29, 0.717) is 0 Å². The minimum absolute atomic E-state index is 0.0733. The zero-order chi connectivity index (χ0) is 13.0. The number of benzene rings is 1. The second-order valence-corrected chi connectivity index (χ2v) is 3.30. The number of aliphatic hydroxyl groups is 2. The van der Waals surface area contributed by atoms with E-state index in [1.165, 1.54) is 26.4 Å². The molecule has 6 nitrogen and oxygen atoms in total. The number of hydrogen-bond acceptors (Lipinski definition) is 6. The molecule has 0 spiro atoms. The van der Waals surface area contributed by atoms with Crippen LogP contribution in [0.5, 0.6) is 17.2 Å². The number of aliphatic hydroxyl groups excluding tert-OH is 2. The molecule has 0 aromatic heterocycles. The maximum atomic E-state index is 11.2. The Morgan fingerprint density at radius 3 is 2.12 bits per heavy atom. The first-order chi connectivity index (χ1) is 8.04. The fourth-order valence-corrected chi connectivity index (χ4v) is 1.34. The number of aromatic hydroxyl groups is 1. The number of methoxy groups -OCH3 is 2. The largest absolute Gasteiger partial charge is 0.502 e. The van der Waals surface area contributed by atoms with Gasteiger partial charge in [0.05, 0.1) is 14.2 Å². The standard InChI is InChI=1S/C11H14O6/c1-16-8-3-6(10(14)7(13)5-12)4-9(17-2)11(8)15/h3-4,10,12,14-15H,5H2,1-2H3/t10-/m1/s1. The Morgan fingerprint density at radius 2 is 1.76 bits per heavy atom. The molecule has 6 heteroatoms. The summed E-state index contributed by atoms with van der Waals surface area (Å²) in [6, 6.07) is 2.60. The van der Waals surface area contributed by atoms with Gasteiger partial charge in [-0.2, -0.15) is 0 Å². The Balaban J connectivity index is 3.21. The van der Waals surface area contributed by atoms with E-state index >= 15 is 0 Å². The second kappa shape index (κ2) is 5.51. The van der Waals surface area contributed by atoms with E-state index in [9.17, 15) is 15.0 Å². The number of ether oxygens (including phenoxy) is 2. The van der Waals surface area contributed by atoms with Crippen LogP contribution in [0.4, 0.5) is 0 Å². The highest BCUT2D eigenvalue weighted by Gasteiger charge is 2.20. The molecule has 0 aliphatic carbocycles. The predicted octanol–water partition coefficient (Wildman–Crippen LogP) is 0.00420. The van der Waals surface area contributed by atoms with Crippen molar-refractivity contribution in [1.82, 2.24) is 0 Å². The smallest absolute Gasteiger partial charge is 0.200 e. The fourth-order valence-electron chi connectivity index (χ4n) is 1.34. The third-order valence-corrected chi connectivity index (χ3v) is 2.28. The number of carbonyl (C=O) groups is 1. The van der Waals surface area contributed by atoms with Crippen LogP contribution in [0.25, 0.3) is 0 Å². The average molecular weight is 242 g/mol. The lowest BCUT2D eigenvalue weighted by Crippen LogP contribution is -2.15. The molecule has 0 fully saturated rings. The minimum atomic E-state index is -1.48. The normalized spacial score (nSPS) is 12.0. The summed E-state index contributed by atoms with van der Waals surface area (Å²) in [5.74, 6) is -0.824. The molecule has 0 amide bonds. The molecule has 0 unspecified atom stereocenters. The number of ketones is 1. The summed E-state index contributed by atoms with van der Waals surface area (Å²) in [6.07, 6.45) is -1.48. The van der Waals surface area contributed by atoms with Gasteiger partial charge in [0.1, 0.15) is 12.7 Å². The predicted molar refractivity (Wildman–Crippen MR) is 58.3 cm³/mol. The first-order valence-corrected chi connectivity index (χ1v) is 4.81. The molecule has 0 heterocycles. The molecule has 0 saturated carbocycles. The third kappa shape index (κ3) is 2.66. The van der Waals surface area contributed by atoms with E-state index in [-0.39, 0.29) is 22.8 Å². The summed E-state index contributed by atoms with van der Waals surface area (Å²) >= 11 is 0. The van der Waals surface area contributed by atoms with E-state index < -0.39 is 18.5 Å². The molecule has 94 valence electrons. The van der Waals surface area contributed by atoms with E-state index in [0.717, 1.165) is 0 Å². The van der Waals surface area contributed by atoms with Gasteiger partial charge in [0.15, 0.2) is 17.3 Å². The fraction of sp³-hybridized carbons (Fsp3) is 0.364. The van der Waals surface area contributed by atoms with E-state index in [1.54, 1.807) is 0 Å². The lowest BCUT2D eigenvalue weighted by atomic mass is 10.0. The van der Waals surface area contributed by atoms with Crippen molar-refractivity contribution < 1.29 is 29.6 Å². The van der Waals surface area contributed by atoms with Crippen LogP contribution in [0.1, 0.15) is 11.7 Å². The lowest BCUT2D eigenvalue weighted by Gasteiger charge is -2.13. The SMILES string of the molecule is COc1cc([C@@H](O)C(=O)CO)cc(OC)c1O. The Kier molecular flexibility index (Phi) is 4.30. The number of rotatable bonds is 5. The Hall–Kier alpha value is -1.79. The van der Waals surface area contributed by atoms with Gasteiger partial charge in [0, 0.05) is 0 Å². The van der Waals surface area contributed by atoms with E-state index in [1.807, 2.05) is 0 Å². The summed E-state index contributed by atoms with van der Waals surface area (Å²) in [4.78, 5) is 11.2. The molecule has 1 aromatic carbocycles. The molecule has 1 rings (SSSR count). The van der Waals surface area contributed by atoms with Crippen molar-refractivity contribution in [2.75, 3.05) is 20.8 Å². The summed E-state index contributed by atoms with van der Waals surface area (Å²) in [5, 5.41) is 27.9. The van der Waals surface area contributed by atoms with Crippen LogP contribution < -0.4 is 9.47 Å². The van der Waals surface area contributed by atoms with Crippen molar-refractivity contribution in [3.05, 3.63) is 17.7 Å². The zero-order valence-corrected chi connectivity index (χ0v) is 9.51. The molecule has 17 heavy (non-hydrogen) atoms. The minimum Gasteiger partial charge on any atom is -0.502 e. The first-order valence-electron chi connectivity index (χ1n) is 4.81. The van der Waals surface area contributed by atoms with Crippen LogP contribution in [-0.4, -0.2) is 41.9 Å². The zero-order valence-electron chi connectivity index (χ0n) is 9.51. The van der Waals surface area contributed by atoms with Gasteiger partial charge in [0.2, 0.25) is 5.75 Å². The summed E-state index contributed by atoms with van der Waals surface area (Å²) in [7, 11) is 2.66. The highest BCUT2D eigenvalue weighted by Crippen LogP contribution is 2.38. The van der Waals surface area contributed by atoms with Gasteiger partial charge in [-0.05, 0) is 17.7 Å². The highest BCUT2D eigenvalue weighted by atomic mass is 16.5. The number of phenols is 1. The maximum Gasteiger partial charge on any atom is 0.200 e. The summed E-state index contributed by atoms with van der Waals surface area (Å²) in [6.45, 7) is -0.771. The van der Waals surface area contributed by atoms with Crippen LogP contribution in [0, 0.1) is 0 Å². The molecule has 3 N–H and O–H groups in total. The molecule has 0 aliphatic heterocycles. The number of hydrogen-bond donors (Lipinski definition) is 3. The summed E-state index contributed by atoms with van der Waals surface area (Å²) < 4.78 is 9.75. The van der Waals surface area contributed by atoms with Crippen molar-refractivity contribution in [2.24, 2.45) is 0 Å². The monoisotopic (exact) mass is 242 g/mol. The highest BCUT2D eigenvalue weighted by molar-refractivity contribution is 5.85. The molecular weight excluding hydrogens is 228 g/mol. The van der Waals surface area contributed by atoms with Crippen LogP contribution in [-0.2, 0) is 4.79 Å². The Labute approximate surface area is 98.0 Å². The van der Waals surface area contributed by atoms with Crippen molar-refractivity contribution in [3.63, 3.8) is 0 Å². The topological polar surface area (TPSA) is 96.2 Å². The van der Waals surface area contributed by atoms with E-state index in [4.69, 9.17) is 14.6 Å². The lowest BCUT2D eigenvalue weighted by molar-refractivity contribution is -0.130. The molecule has 0 bridgehead atoms. The number of Topliss-reactive ketones (excluding diaryl/α,β-unsaturated/α-hetero) is 1. The quantitative estimate of drug-likeness (QED) is 0.672. The maximum absolute atomic E-state index is 11.2. The van der Waals surface area contributed by atoms with Crippen LogP contribution in [0.3, 0.4) is 0 Å². The van der Waals surface area contributed by atoms with Gasteiger partial charge < -0.3 is 24.8 Å². The Morgan fingerprint density at radius 1 is 1.29 bits per heavy atom. The van der Waals surface area contributed by atoms with Crippen molar-refractivity contribution in [1.29, 1.82) is 0 Å². The number of phenolic OH excluding ortho intramolecular Hbond substituents is 1. The molecule has 0 radical (unpaired) electrons. The third-order valence-electron chi connectivity index (χ3n) is 2.28. The molecule has 0 saturated heterocycles. The molecule has 0 aliphatic rings. The average Bonchev–Trinajstić information content (AvgIpc) is 2.37. The van der Waals surface area contributed by atoms with E-state index in [2.05, 4.69) is 0 Å². The van der Waals surface area contributed by atoms with Crippen molar-refractivity contribution in [2.45, 2.75) is 6.10 Å². The van der Waals surface area contributed by atoms with Gasteiger partial charge >= 0.3 is 0 Å². The van der Waals surface area contributed by atoms with Gasteiger partial charge in [-0.15, -0.1) is 0 Å². The van der Waals surface area contributed by atoms with Crippen molar-refractivity contribution >= 4 is 5.78 Å². The van der Waals surface area contributed by atoms with Crippen LogP contribution in [0.2, 0.25) is 0 Å². The molecule has 1 atom stereocenters. The Bertz CT molecular complexity index is 389. The molecular formula is C11H14O6. The van der Waals surface area contributed by atoms with Gasteiger partial charge in [-0.1, -0.05) is 0 Å². The summed E-state index contributed by atoms with van der Waals surface area (Å²) in [5.41, 5.74) is 0.176. The van der Waals surface area contributed by atoms with Gasteiger partial charge in [-0.25, -0.2) is 0 Å². The number of carbonyl (C=O) groups excluding carboxylic acids is 1. The molecule has 1 aromatic rings. The van der Waals surface area contributed by atoms with Crippen LogP contribution >= 0.6 is 0 Å². The van der Waals surface area contributed by atoms with Gasteiger partial charge in [-0.3, -0.25) is 4.79 Å². The van der Waals surface area contributed by atoms with Crippen LogP contribution in [0.15, 0.2) is 12.1 Å². The van der Waals surface area contributed by atoms with Crippen molar-refractivity contribution in [3.8, 4) is 17.2 Å². The second-order valence-electron chi connectivity index (χ2n) is 3.30. The first kappa shape index (κ1) is 13.3. The van der Waals surface area contributed by atoms with Gasteiger partial charge in [0.25, 0.3) is 0 Å².